The van der Waals surface area contributed by atoms with Gasteiger partial charge in [0, 0.05) is 23.8 Å². The molecule has 2 aromatic carbocycles. The first-order valence-electron chi connectivity index (χ1n) is 9.53. The molecule has 1 heterocycles. The maximum absolute atomic E-state index is 12.7. The van der Waals surface area contributed by atoms with Gasteiger partial charge in [-0.1, -0.05) is 18.2 Å². The Morgan fingerprint density at radius 1 is 1.03 bits per heavy atom. The summed E-state index contributed by atoms with van der Waals surface area (Å²) in [5, 5.41) is 2.90. The van der Waals surface area contributed by atoms with Gasteiger partial charge in [0.1, 0.15) is 6.61 Å². The number of pyridine rings is 1. The standard InChI is InChI=1S/C23H23N3O4S/c1-29-20-12-17(6-7-19(20)30-14-16-8-10-25-11-9-16)13-26-23(28)18-4-2-3-5-21(18)31-15-22(24)27/h2-12H,13-15H2,1H3,(H2,24,27)(H,26,28). The summed E-state index contributed by atoms with van der Waals surface area (Å²) >= 11 is 1.24. The van der Waals surface area contributed by atoms with Crippen LogP contribution >= 0.6 is 11.8 Å². The number of methoxy groups -OCH3 is 1. The number of primary amides is 1. The number of benzene rings is 2. The summed E-state index contributed by atoms with van der Waals surface area (Å²) in [6, 6.07) is 16.4. The molecule has 0 bridgehead atoms. The van der Waals surface area contributed by atoms with Gasteiger partial charge in [0.15, 0.2) is 11.5 Å². The van der Waals surface area contributed by atoms with Crippen molar-refractivity contribution in [3.05, 3.63) is 83.7 Å². The summed E-state index contributed by atoms with van der Waals surface area (Å²) in [6.45, 7) is 0.712. The first kappa shape index (κ1) is 22.2. The molecular weight excluding hydrogens is 414 g/mol. The van der Waals surface area contributed by atoms with Crippen molar-refractivity contribution >= 4 is 23.6 Å². The van der Waals surface area contributed by atoms with Crippen LogP contribution in [0.3, 0.4) is 0 Å². The highest BCUT2D eigenvalue weighted by Gasteiger charge is 2.13. The van der Waals surface area contributed by atoms with E-state index in [9.17, 15) is 9.59 Å². The largest absolute Gasteiger partial charge is 0.493 e. The summed E-state index contributed by atoms with van der Waals surface area (Å²) in [7, 11) is 1.57. The fraction of sp³-hybridized carbons (Fsp3) is 0.174. The molecule has 0 fully saturated rings. The molecule has 0 saturated carbocycles. The van der Waals surface area contributed by atoms with Gasteiger partial charge in [-0.05, 0) is 47.5 Å². The zero-order valence-electron chi connectivity index (χ0n) is 17.0. The summed E-state index contributed by atoms with van der Waals surface area (Å²) < 4.78 is 11.3. The van der Waals surface area contributed by atoms with Crippen molar-refractivity contribution in [2.24, 2.45) is 5.73 Å². The smallest absolute Gasteiger partial charge is 0.252 e. The molecule has 0 spiro atoms. The minimum absolute atomic E-state index is 0.114. The number of amides is 2. The average Bonchev–Trinajstić information content (AvgIpc) is 2.80. The number of rotatable bonds is 10. The molecule has 0 aliphatic carbocycles. The molecule has 0 aliphatic heterocycles. The highest BCUT2D eigenvalue weighted by molar-refractivity contribution is 8.00. The highest BCUT2D eigenvalue weighted by atomic mass is 32.2. The predicted octanol–water partition coefficient (Wildman–Crippen LogP) is 3.18. The topological polar surface area (TPSA) is 104 Å². The average molecular weight is 438 g/mol. The van der Waals surface area contributed by atoms with Crippen LogP contribution in [-0.4, -0.2) is 29.7 Å². The molecule has 2 amide bonds. The van der Waals surface area contributed by atoms with E-state index >= 15 is 0 Å². The highest BCUT2D eigenvalue weighted by Crippen LogP contribution is 2.29. The first-order chi connectivity index (χ1) is 15.1. The predicted molar refractivity (Wildman–Crippen MR) is 119 cm³/mol. The Morgan fingerprint density at radius 3 is 2.55 bits per heavy atom. The van der Waals surface area contributed by atoms with Gasteiger partial charge in [0.2, 0.25) is 5.91 Å². The molecule has 3 aromatic rings. The van der Waals surface area contributed by atoms with E-state index in [2.05, 4.69) is 10.3 Å². The molecule has 160 valence electrons. The molecule has 0 saturated heterocycles. The van der Waals surface area contributed by atoms with Crippen LogP contribution in [0, 0.1) is 0 Å². The molecule has 0 aliphatic rings. The fourth-order valence-electron chi connectivity index (χ4n) is 2.79. The van der Waals surface area contributed by atoms with Crippen molar-refractivity contribution < 1.29 is 19.1 Å². The first-order valence-corrected chi connectivity index (χ1v) is 10.5. The Balaban J connectivity index is 1.63. The van der Waals surface area contributed by atoms with E-state index < -0.39 is 5.91 Å². The van der Waals surface area contributed by atoms with Gasteiger partial charge in [0.25, 0.3) is 5.91 Å². The molecule has 0 radical (unpaired) electrons. The Kier molecular flexibility index (Phi) is 7.89. The second-order valence-corrected chi connectivity index (χ2v) is 7.58. The number of nitrogens with one attached hydrogen (secondary N) is 1. The van der Waals surface area contributed by atoms with Crippen molar-refractivity contribution in [2.75, 3.05) is 12.9 Å². The van der Waals surface area contributed by atoms with Gasteiger partial charge >= 0.3 is 0 Å². The Labute approximate surface area is 185 Å². The van der Waals surface area contributed by atoms with Gasteiger partial charge in [0.05, 0.1) is 18.4 Å². The van der Waals surface area contributed by atoms with Crippen LogP contribution in [0.5, 0.6) is 11.5 Å². The quantitative estimate of drug-likeness (QED) is 0.472. The maximum Gasteiger partial charge on any atom is 0.252 e. The zero-order chi connectivity index (χ0) is 22.1. The molecular formula is C23H23N3O4S. The molecule has 3 rings (SSSR count). The van der Waals surface area contributed by atoms with E-state index in [4.69, 9.17) is 15.2 Å². The number of carbonyl (C=O) groups is 2. The summed E-state index contributed by atoms with van der Waals surface area (Å²) in [6.07, 6.45) is 3.43. The lowest BCUT2D eigenvalue weighted by Crippen LogP contribution is -2.23. The molecule has 31 heavy (non-hydrogen) atoms. The van der Waals surface area contributed by atoms with Crippen LogP contribution in [0.2, 0.25) is 0 Å². The van der Waals surface area contributed by atoms with Crippen molar-refractivity contribution in [3.8, 4) is 11.5 Å². The van der Waals surface area contributed by atoms with Crippen molar-refractivity contribution in [1.29, 1.82) is 0 Å². The molecule has 8 heteroatoms. The minimum Gasteiger partial charge on any atom is -0.493 e. The number of nitrogens with zero attached hydrogens (tertiary/aromatic N) is 1. The molecule has 7 nitrogen and oxygen atoms in total. The number of hydrogen-bond acceptors (Lipinski definition) is 6. The maximum atomic E-state index is 12.7. The van der Waals surface area contributed by atoms with Crippen molar-refractivity contribution in [3.63, 3.8) is 0 Å². The Hall–Kier alpha value is -3.52. The number of aromatic nitrogens is 1. The van der Waals surface area contributed by atoms with Crippen LogP contribution in [0.15, 0.2) is 71.9 Å². The van der Waals surface area contributed by atoms with E-state index in [1.54, 1.807) is 37.7 Å². The minimum atomic E-state index is -0.432. The third-order valence-corrected chi connectivity index (χ3v) is 5.42. The van der Waals surface area contributed by atoms with Crippen LogP contribution in [0.25, 0.3) is 0 Å². The van der Waals surface area contributed by atoms with Gasteiger partial charge < -0.3 is 20.5 Å². The Morgan fingerprint density at radius 2 is 1.81 bits per heavy atom. The third-order valence-electron chi connectivity index (χ3n) is 4.33. The number of ether oxygens (including phenoxy) is 2. The van der Waals surface area contributed by atoms with Crippen LogP contribution in [0.4, 0.5) is 0 Å². The monoisotopic (exact) mass is 437 g/mol. The summed E-state index contributed by atoms with van der Waals surface area (Å²) in [4.78, 5) is 28.4. The molecule has 0 atom stereocenters. The lowest BCUT2D eigenvalue weighted by molar-refractivity contribution is -0.115. The number of thioether (sulfide) groups is 1. The lowest BCUT2D eigenvalue weighted by atomic mass is 10.1. The fourth-order valence-corrected chi connectivity index (χ4v) is 3.58. The number of nitrogens with two attached hydrogens (primary N) is 1. The van der Waals surface area contributed by atoms with Gasteiger partial charge in [-0.25, -0.2) is 0 Å². The van der Waals surface area contributed by atoms with Gasteiger partial charge in [-0.15, -0.1) is 11.8 Å². The van der Waals surface area contributed by atoms with Crippen LogP contribution in [0.1, 0.15) is 21.5 Å². The van der Waals surface area contributed by atoms with Gasteiger partial charge in [-0.3, -0.25) is 14.6 Å². The Bertz CT molecular complexity index is 1040. The van der Waals surface area contributed by atoms with Crippen molar-refractivity contribution in [2.45, 2.75) is 18.0 Å². The SMILES string of the molecule is COc1cc(CNC(=O)c2ccccc2SCC(N)=O)ccc1OCc1ccncc1. The van der Waals surface area contributed by atoms with Crippen molar-refractivity contribution in [1.82, 2.24) is 10.3 Å². The van der Waals surface area contributed by atoms with Crippen LogP contribution in [-0.2, 0) is 17.9 Å². The second-order valence-electron chi connectivity index (χ2n) is 6.56. The lowest BCUT2D eigenvalue weighted by Gasteiger charge is -2.13. The zero-order valence-corrected chi connectivity index (χ0v) is 17.9. The van der Waals surface area contributed by atoms with E-state index in [1.807, 2.05) is 36.4 Å². The van der Waals surface area contributed by atoms with E-state index in [1.165, 1.54) is 11.8 Å². The van der Waals surface area contributed by atoms with Crippen LogP contribution < -0.4 is 20.5 Å². The summed E-state index contributed by atoms with van der Waals surface area (Å²) in [5.74, 6) is 0.645. The second kappa shape index (κ2) is 11.0. The van der Waals surface area contributed by atoms with Gasteiger partial charge in [-0.2, -0.15) is 0 Å². The number of hydrogen-bond donors (Lipinski definition) is 2. The van der Waals surface area contributed by atoms with E-state index in [0.29, 0.717) is 35.1 Å². The molecule has 0 unspecified atom stereocenters. The van der Waals surface area contributed by atoms with E-state index in [0.717, 1.165) is 11.1 Å². The molecule has 3 N–H and O–H groups in total. The molecule has 1 aromatic heterocycles. The normalized spacial score (nSPS) is 10.4. The van der Waals surface area contributed by atoms with E-state index in [-0.39, 0.29) is 11.7 Å². The number of carbonyl (C=O) groups excluding carboxylic acids is 2. The third kappa shape index (κ3) is 6.48. The summed E-state index contributed by atoms with van der Waals surface area (Å²) in [5.41, 5.74) is 7.57.